The Morgan fingerprint density at radius 1 is 1.27 bits per heavy atom. The molecule has 0 aliphatic rings. The summed E-state index contributed by atoms with van der Waals surface area (Å²) in [6.45, 7) is 6.88. The molecular formula is C17H24O5. The smallest absolute Gasteiger partial charge is 0.335 e. The van der Waals surface area contributed by atoms with Gasteiger partial charge < -0.3 is 14.6 Å². The van der Waals surface area contributed by atoms with Gasteiger partial charge in [0.2, 0.25) is 0 Å². The topological polar surface area (TPSA) is 72.8 Å². The number of hydrogen-bond donors (Lipinski definition) is 1. The molecule has 1 aromatic carbocycles. The summed E-state index contributed by atoms with van der Waals surface area (Å²) in [5.41, 5.74) is 0.909. The lowest BCUT2D eigenvalue weighted by Gasteiger charge is -2.13. The summed E-state index contributed by atoms with van der Waals surface area (Å²) < 4.78 is 10.6. The van der Waals surface area contributed by atoms with Gasteiger partial charge in [-0.3, -0.25) is 4.79 Å². The predicted molar refractivity (Wildman–Crippen MR) is 83.3 cm³/mol. The Morgan fingerprint density at radius 3 is 2.59 bits per heavy atom. The van der Waals surface area contributed by atoms with Gasteiger partial charge in [0.25, 0.3) is 0 Å². The zero-order valence-electron chi connectivity index (χ0n) is 13.4. The third kappa shape index (κ3) is 6.16. The molecule has 0 saturated heterocycles. The Balaban J connectivity index is 2.80. The van der Waals surface area contributed by atoms with Crippen LogP contribution in [0, 0.1) is 5.92 Å². The second kappa shape index (κ2) is 9.07. The minimum Gasteiger partial charge on any atom is -0.493 e. The molecule has 22 heavy (non-hydrogen) atoms. The fourth-order valence-electron chi connectivity index (χ4n) is 1.92. The molecular weight excluding hydrogens is 284 g/mol. The molecule has 0 bridgehead atoms. The largest absolute Gasteiger partial charge is 0.493 e. The Bertz CT molecular complexity index is 508. The molecule has 0 spiro atoms. The number of rotatable bonds is 9. The third-order valence-corrected chi connectivity index (χ3v) is 3.16. The average Bonchev–Trinajstić information content (AvgIpc) is 2.45. The van der Waals surface area contributed by atoms with Crippen molar-refractivity contribution in [3.8, 4) is 5.75 Å². The lowest BCUT2D eigenvalue weighted by atomic mass is 10.0. The normalized spacial score (nSPS) is 10.5. The third-order valence-electron chi connectivity index (χ3n) is 3.16. The van der Waals surface area contributed by atoms with E-state index in [0.717, 1.165) is 12.0 Å². The van der Waals surface area contributed by atoms with Gasteiger partial charge in [0.15, 0.2) is 0 Å². The van der Waals surface area contributed by atoms with Crippen molar-refractivity contribution in [3.05, 3.63) is 29.3 Å². The standard InChI is InChI=1S/C17H24O5/c1-4-21-16(18)8-6-13-11-14(17(19)20)5-7-15(13)22-10-9-12(2)3/h5,7,11-12H,4,6,8-10H2,1-3H3,(H,19,20). The minimum atomic E-state index is -0.994. The highest BCUT2D eigenvalue weighted by Gasteiger charge is 2.12. The second-order valence-corrected chi connectivity index (χ2v) is 5.46. The van der Waals surface area contributed by atoms with E-state index in [2.05, 4.69) is 13.8 Å². The minimum absolute atomic E-state index is 0.190. The zero-order valence-corrected chi connectivity index (χ0v) is 13.4. The van der Waals surface area contributed by atoms with Gasteiger partial charge in [0, 0.05) is 6.42 Å². The van der Waals surface area contributed by atoms with Gasteiger partial charge in [-0.2, -0.15) is 0 Å². The number of ether oxygens (including phenoxy) is 2. The molecule has 5 heteroatoms. The lowest BCUT2D eigenvalue weighted by Crippen LogP contribution is -2.08. The van der Waals surface area contributed by atoms with E-state index in [4.69, 9.17) is 14.6 Å². The monoisotopic (exact) mass is 308 g/mol. The van der Waals surface area contributed by atoms with E-state index < -0.39 is 5.97 Å². The van der Waals surface area contributed by atoms with Crippen molar-refractivity contribution < 1.29 is 24.2 Å². The first kappa shape index (κ1) is 18.0. The van der Waals surface area contributed by atoms with E-state index in [1.54, 1.807) is 19.1 Å². The second-order valence-electron chi connectivity index (χ2n) is 5.46. The van der Waals surface area contributed by atoms with Crippen molar-refractivity contribution >= 4 is 11.9 Å². The van der Waals surface area contributed by atoms with Crippen LogP contribution >= 0.6 is 0 Å². The van der Waals surface area contributed by atoms with Gasteiger partial charge in [0.05, 0.1) is 18.8 Å². The van der Waals surface area contributed by atoms with Crippen LogP contribution in [0.25, 0.3) is 0 Å². The van der Waals surface area contributed by atoms with Crippen LogP contribution in [0.1, 0.15) is 49.5 Å². The number of hydrogen-bond acceptors (Lipinski definition) is 4. The van der Waals surface area contributed by atoms with E-state index in [-0.39, 0.29) is 18.0 Å². The fraction of sp³-hybridized carbons (Fsp3) is 0.529. The zero-order chi connectivity index (χ0) is 16.5. The number of esters is 1. The van der Waals surface area contributed by atoms with Gasteiger partial charge in [-0.25, -0.2) is 4.79 Å². The molecule has 0 amide bonds. The van der Waals surface area contributed by atoms with E-state index >= 15 is 0 Å². The number of aryl methyl sites for hydroxylation is 1. The molecule has 5 nitrogen and oxygen atoms in total. The summed E-state index contributed by atoms with van der Waals surface area (Å²) in [4.78, 5) is 22.5. The van der Waals surface area contributed by atoms with E-state index in [0.29, 0.717) is 31.3 Å². The molecule has 1 aromatic rings. The van der Waals surface area contributed by atoms with Crippen LogP contribution in [0.2, 0.25) is 0 Å². The van der Waals surface area contributed by atoms with Crippen molar-refractivity contribution in [2.24, 2.45) is 5.92 Å². The van der Waals surface area contributed by atoms with Gasteiger partial charge in [0.1, 0.15) is 5.75 Å². The summed E-state index contributed by atoms with van der Waals surface area (Å²) in [5, 5.41) is 9.08. The quantitative estimate of drug-likeness (QED) is 0.709. The Labute approximate surface area is 131 Å². The molecule has 0 fully saturated rings. The van der Waals surface area contributed by atoms with Crippen molar-refractivity contribution in [1.82, 2.24) is 0 Å². The molecule has 0 atom stereocenters. The highest BCUT2D eigenvalue weighted by molar-refractivity contribution is 5.88. The van der Waals surface area contributed by atoms with Gasteiger partial charge in [-0.05, 0) is 49.4 Å². The summed E-state index contributed by atoms with van der Waals surface area (Å²) >= 11 is 0. The van der Waals surface area contributed by atoms with Crippen molar-refractivity contribution in [3.63, 3.8) is 0 Å². The maximum atomic E-state index is 11.5. The lowest BCUT2D eigenvalue weighted by molar-refractivity contribution is -0.143. The van der Waals surface area contributed by atoms with Crippen LogP contribution in [0.15, 0.2) is 18.2 Å². The van der Waals surface area contributed by atoms with Crippen LogP contribution in [-0.2, 0) is 16.0 Å². The van der Waals surface area contributed by atoms with Gasteiger partial charge in [-0.15, -0.1) is 0 Å². The summed E-state index contributed by atoms with van der Waals surface area (Å²) in [6, 6.07) is 4.73. The van der Waals surface area contributed by atoms with Gasteiger partial charge in [-0.1, -0.05) is 13.8 Å². The molecule has 0 saturated carbocycles. The number of carboxylic acid groups (broad SMARTS) is 1. The Kier molecular flexibility index (Phi) is 7.43. The average molecular weight is 308 g/mol. The summed E-state index contributed by atoms with van der Waals surface area (Å²) in [5.74, 6) is -0.126. The van der Waals surface area contributed by atoms with Crippen molar-refractivity contribution in [1.29, 1.82) is 0 Å². The van der Waals surface area contributed by atoms with Crippen molar-refractivity contribution in [2.75, 3.05) is 13.2 Å². The number of carbonyl (C=O) groups excluding carboxylic acids is 1. The molecule has 0 unspecified atom stereocenters. The first-order valence-electron chi connectivity index (χ1n) is 7.58. The molecule has 1 N–H and O–H groups in total. The summed E-state index contributed by atoms with van der Waals surface area (Å²) in [7, 11) is 0. The van der Waals surface area contributed by atoms with Crippen LogP contribution in [0.3, 0.4) is 0 Å². The van der Waals surface area contributed by atoms with Gasteiger partial charge >= 0.3 is 11.9 Å². The first-order chi connectivity index (χ1) is 10.4. The van der Waals surface area contributed by atoms with Crippen molar-refractivity contribution in [2.45, 2.75) is 40.0 Å². The first-order valence-corrected chi connectivity index (χ1v) is 7.58. The molecule has 0 heterocycles. The highest BCUT2D eigenvalue weighted by Crippen LogP contribution is 2.23. The highest BCUT2D eigenvalue weighted by atomic mass is 16.5. The number of aromatic carboxylic acids is 1. The maximum absolute atomic E-state index is 11.5. The predicted octanol–water partition coefficient (Wildman–Crippen LogP) is 3.31. The van der Waals surface area contributed by atoms with Crippen LogP contribution in [0.5, 0.6) is 5.75 Å². The number of carboxylic acids is 1. The molecule has 0 aliphatic carbocycles. The Hall–Kier alpha value is -2.04. The van der Waals surface area contributed by atoms with Crippen LogP contribution < -0.4 is 4.74 Å². The maximum Gasteiger partial charge on any atom is 0.335 e. The van der Waals surface area contributed by atoms with E-state index in [1.165, 1.54) is 6.07 Å². The number of carbonyl (C=O) groups is 2. The van der Waals surface area contributed by atoms with E-state index in [1.807, 2.05) is 0 Å². The van der Waals surface area contributed by atoms with Crippen LogP contribution in [0.4, 0.5) is 0 Å². The molecule has 122 valence electrons. The molecule has 0 radical (unpaired) electrons. The molecule has 1 rings (SSSR count). The van der Waals surface area contributed by atoms with Crippen LogP contribution in [-0.4, -0.2) is 30.3 Å². The fourth-order valence-corrected chi connectivity index (χ4v) is 1.92. The SMILES string of the molecule is CCOC(=O)CCc1cc(C(=O)O)ccc1OCCC(C)C. The molecule has 0 aromatic heterocycles. The molecule has 0 aliphatic heterocycles. The number of benzene rings is 1. The van der Waals surface area contributed by atoms with E-state index in [9.17, 15) is 9.59 Å². The Morgan fingerprint density at radius 2 is 2.00 bits per heavy atom. The summed E-state index contributed by atoms with van der Waals surface area (Å²) in [6.07, 6.45) is 1.52.